The molecular weight excluding hydrogens is 407 g/mol. The fraction of sp³-hybridized carbons (Fsp3) is 0.800. The largest absolute Gasteiger partial charge is 0.383 e. The van der Waals surface area contributed by atoms with Gasteiger partial charge in [0.15, 0.2) is 11.8 Å². The number of hydrogen-bond acceptors (Lipinski definition) is 4. The predicted molar refractivity (Wildman–Crippen MR) is 102 cm³/mol. The molecule has 2 rings (SSSR count). The smallest absolute Gasteiger partial charge is 0.191 e. The molecule has 0 saturated carbocycles. The first-order chi connectivity index (χ1) is 10.7. The van der Waals surface area contributed by atoms with Gasteiger partial charge in [-0.25, -0.2) is 4.99 Å². The van der Waals surface area contributed by atoms with Crippen LogP contribution in [0, 0.1) is 0 Å². The Labute approximate surface area is 155 Å². The molecule has 8 heteroatoms. The van der Waals surface area contributed by atoms with Crippen molar-refractivity contribution in [3.05, 3.63) is 11.6 Å². The van der Waals surface area contributed by atoms with E-state index in [2.05, 4.69) is 44.2 Å². The first-order valence-electron chi connectivity index (χ1n) is 8.19. The quantitative estimate of drug-likeness (QED) is 0.404. The molecule has 1 aliphatic heterocycles. The number of guanidine groups is 1. The van der Waals surface area contributed by atoms with Crippen molar-refractivity contribution in [2.75, 3.05) is 20.3 Å². The van der Waals surface area contributed by atoms with Gasteiger partial charge >= 0.3 is 0 Å². The Kier molecular flexibility index (Phi) is 9.46. The highest BCUT2D eigenvalue weighted by Gasteiger charge is 2.14. The molecule has 1 atom stereocenters. The molecule has 1 aromatic heterocycles. The van der Waals surface area contributed by atoms with E-state index < -0.39 is 0 Å². The van der Waals surface area contributed by atoms with Gasteiger partial charge < -0.3 is 19.9 Å². The molecule has 0 radical (unpaired) electrons. The van der Waals surface area contributed by atoms with E-state index in [1.807, 2.05) is 0 Å². The van der Waals surface area contributed by atoms with Gasteiger partial charge in [0, 0.05) is 32.7 Å². The fourth-order valence-corrected chi connectivity index (χ4v) is 2.66. The number of fused-ring (bicyclic) bond motifs is 1. The zero-order chi connectivity index (χ0) is 15.8. The molecule has 0 saturated heterocycles. The first-order valence-corrected chi connectivity index (χ1v) is 8.19. The van der Waals surface area contributed by atoms with Gasteiger partial charge in [0.05, 0.1) is 6.61 Å². The van der Waals surface area contributed by atoms with Gasteiger partial charge in [-0.15, -0.1) is 34.2 Å². The molecule has 132 valence electrons. The molecule has 7 nitrogen and oxygen atoms in total. The Bertz CT molecular complexity index is 490. The molecule has 0 fully saturated rings. The van der Waals surface area contributed by atoms with Gasteiger partial charge in [-0.2, -0.15) is 0 Å². The third kappa shape index (κ3) is 6.25. The van der Waals surface area contributed by atoms with E-state index in [9.17, 15) is 0 Å². The van der Waals surface area contributed by atoms with Crippen LogP contribution in [0.15, 0.2) is 4.99 Å². The third-order valence-electron chi connectivity index (χ3n) is 3.71. The molecule has 23 heavy (non-hydrogen) atoms. The second-order valence-corrected chi connectivity index (χ2v) is 5.69. The van der Waals surface area contributed by atoms with Crippen LogP contribution in [0.5, 0.6) is 0 Å². The van der Waals surface area contributed by atoms with Crippen LogP contribution in [0.3, 0.4) is 0 Å². The summed E-state index contributed by atoms with van der Waals surface area (Å²) in [5.41, 5.74) is 0. The summed E-state index contributed by atoms with van der Waals surface area (Å²) < 4.78 is 7.38. The lowest BCUT2D eigenvalue weighted by Gasteiger charge is -2.17. The molecule has 2 N–H and O–H groups in total. The topological polar surface area (TPSA) is 76.4 Å². The van der Waals surface area contributed by atoms with Crippen molar-refractivity contribution in [3.63, 3.8) is 0 Å². The molecule has 1 aromatic rings. The van der Waals surface area contributed by atoms with Crippen molar-refractivity contribution in [2.24, 2.45) is 4.99 Å². The molecule has 0 amide bonds. The Morgan fingerprint density at radius 3 is 2.91 bits per heavy atom. The highest BCUT2D eigenvalue weighted by molar-refractivity contribution is 14.0. The van der Waals surface area contributed by atoms with E-state index in [-0.39, 0.29) is 30.0 Å². The lowest BCUT2D eigenvalue weighted by molar-refractivity contribution is 0.179. The van der Waals surface area contributed by atoms with E-state index in [0.29, 0.717) is 13.2 Å². The number of methoxy groups -OCH3 is 1. The lowest BCUT2D eigenvalue weighted by atomic mass is 10.2. The summed E-state index contributed by atoms with van der Waals surface area (Å²) in [6, 6.07) is 0.207. The first kappa shape index (κ1) is 20.1. The molecule has 2 heterocycles. The second kappa shape index (κ2) is 10.8. The number of nitrogens with one attached hydrogen (secondary N) is 2. The average molecular weight is 436 g/mol. The molecule has 1 unspecified atom stereocenters. The number of aliphatic imine (C=N–C) groups is 1. The highest BCUT2D eigenvalue weighted by Crippen LogP contribution is 2.14. The van der Waals surface area contributed by atoms with Crippen molar-refractivity contribution < 1.29 is 4.74 Å². The minimum Gasteiger partial charge on any atom is -0.383 e. The SMILES string of the molecule is CCNC(=NCc1nnc2n1CCCCC2)NC(C)COC.I. The van der Waals surface area contributed by atoms with E-state index in [4.69, 9.17) is 4.74 Å². The number of hydrogen-bond donors (Lipinski definition) is 2. The Morgan fingerprint density at radius 2 is 2.17 bits per heavy atom. The van der Waals surface area contributed by atoms with Gasteiger partial charge in [0.2, 0.25) is 0 Å². The van der Waals surface area contributed by atoms with Crippen molar-refractivity contribution in [1.29, 1.82) is 0 Å². The van der Waals surface area contributed by atoms with E-state index >= 15 is 0 Å². The van der Waals surface area contributed by atoms with E-state index in [1.165, 1.54) is 19.3 Å². The maximum atomic E-state index is 5.15. The van der Waals surface area contributed by atoms with E-state index in [0.717, 1.165) is 37.1 Å². The zero-order valence-corrected chi connectivity index (χ0v) is 16.7. The van der Waals surface area contributed by atoms with Crippen molar-refractivity contribution in [2.45, 2.75) is 58.7 Å². The number of halogens is 1. The Balaban J connectivity index is 0.00000264. The van der Waals surface area contributed by atoms with Gasteiger partial charge in [-0.1, -0.05) is 6.42 Å². The number of aromatic nitrogens is 3. The molecule has 0 aliphatic carbocycles. The van der Waals surface area contributed by atoms with Crippen LogP contribution in [-0.2, 0) is 24.2 Å². The van der Waals surface area contributed by atoms with Crippen LogP contribution in [0.25, 0.3) is 0 Å². The molecule has 0 aromatic carbocycles. The summed E-state index contributed by atoms with van der Waals surface area (Å²) in [4.78, 5) is 4.63. The molecule has 0 spiro atoms. The van der Waals surface area contributed by atoms with Crippen LogP contribution in [-0.4, -0.2) is 47.0 Å². The maximum Gasteiger partial charge on any atom is 0.191 e. The molecule has 0 bridgehead atoms. The Hall–Kier alpha value is -0.900. The summed E-state index contributed by atoms with van der Waals surface area (Å²) in [6.45, 7) is 7.15. The monoisotopic (exact) mass is 436 g/mol. The minimum atomic E-state index is 0. The van der Waals surface area contributed by atoms with Crippen molar-refractivity contribution in [3.8, 4) is 0 Å². The van der Waals surface area contributed by atoms with Crippen molar-refractivity contribution >= 4 is 29.9 Å². The summed E-state index contributed by atoms with van der Waals surface area (Å²) in [5, 5.41) is 15.2. The summed E-state index contributed by atoms with van der Waals surface area (Å²) in [7, 11) is 1.70. The average Bonchev–Trinajstić information content (AvgIpc) is 2.72. The summed E-state index contributed by atoms with van der Waals surface area (Å²) >= 11 is 0. The summed E-state index contributed by atoms with van der Waals surface area (Å²) in [6.07, 6.45) is 4.70. The van der Waals surface area contributed by atoms with Gasteiger partial charge in [0.1, 0.15) is 12.4 Å². The molecule has 1 aliphatic rings. The number of ether oxygens (including phenoxy) is 1. The normalized spacial score (nSPS) is 16.0. The number of aryl methyl sites for hydroxylation is 1. The fourth-order valence-electron chi connectivity index (χ4n) is 2.66. The third-order valence-corrected chi connectivity index (χ3v) is 3.71. The number of rotatable bonds is 6. The minimum absolute atomic E-state index is 0. The highest BCUT2D eigenvalue weighted by atomic mass is 127. The lowest BCUT2D eigenvalue weighted by Crippen LogP contribution is -2.44. The van der Waals surface area contributed by atoms with Crippen LogP contribution in [0.4, 0.5) is 0 Å². The predicted octanol–water partition coefficient (Wildman–Crippen LogP) is 1.71. The maximum absolute atomic E-state index is 5.15. The second-order valence-electron chi connectivity index (χ2n) is 5.69. The number of nitrogens with zero attached hydrogens (tertiary/aromatic N) is 4. The van der Waals surface area contributed by atoms with E-state index in [1.54, 1.807) is 7.11 Å². The van der Waals surface area contributed by atoms with Gasteiger partial charge in [-0.3, -0.25) is 0 Å². The van der Waals surface area contributed by atoms with Crippen LogP contribution >= 0.6 is 24.0 Å². The van der Waals surface area contributed by atoms with Crippen LogP contribution in [0.1, 0.15) is 44.8 Å². The summed E-state index contributed by atoms with van der Waals surface area (Å²) in [5.74, 6) is 2.85. The zero-order valence-electron chi connectivity index (χ0n) is 14.3. The molecular formula is C15H29IN6O. The Morgan fingerprint density at radius 1 is 1.35 bits per heavy atom. The van der Waals surface area contributed by atoms with Crippen LogP contribution < -0.4 is 10.6 Å². The standard InChI is InChI=1S/C15H28N6O.HI/c1-4-16-15(18-12(2)11-22-3)17-10-14-20-19-13-8-6-5-7-9-21(13)14;/h12H,4-11H2,1-3H3,(H2,16,17,18);1H. The van der Waals surface area contributed by atoms with Crippen LogP contribution in [0.2, 0.25) is 0 Å². The van der Waals surface area contributed by atoms with Crippen molar-refractivity contribution in [1.82, 2.24) is 25.4 Å². The van der Waals surface area contributed by atoms with Gasteiger partial charge in [-0.05, 0) is 26.7 Å². The van der Waals surface area contributed by atoms with Gasteiger partial charge in [0.25, 0.3) is 0 Å².